The van der Waals surface area contributed by atoms with Crippen molar-refractivity contribution in [2.24, 2.45) is 0 Å². The van der Waals surface area contributed by atoms with Crippen molar-refractivity contribution < 1.29 is 4.39 Å². The second kappa shape index (κ2) is 3.55. The number of nitrogen functional groups attached to an aromatic ring is 1. The number of hydrogen-bond acceptors (Lipinski definition) is 2. The van der Waals surface area contributed by atoms with Crippen LogP contribution in [0.1, 0.15) is 5.56 Å². The minimum Gasteiger partial charge on any atom is -0.382 e. The largest absolute Gasteiger partial charge is 0.382 e. The Labute approximate surface area is 91.3 Å². The summed E-state index contributed by atoms with van der Waals surface area (Å²) in [6.07, 6.45) is 1.46. The molecule has 1 aromatic carbocycles. The lowest BCUT2D eigenvalue weighted by Gasteiger charge is -2.07. The molecule has 0 saturated carbocycles. The fourth-order valence-electron chi connectivity index (χ4n) is 1.39. The van der Waals surface area contributed by atoms with Gasteiger partial charge in [-0.2, -0.15) is 5.10 Å². The number of aryl methyl sites for hydroxylation is 1. The van der Waals surface area contributed by atoms with Gasteiger partial charge in [0, 0.05) is 0 Å². The predicted molar refractivity (Wildman–Crippen MR) is 57.7 cm³/mol. The van der Waals surface area contributed by atoms with Crippen molar-refractivity contribution in [3.63, 3.8) is 0 Å². The van der Waals surface area contributed by atoms with Gasteiger partial charge in [-0.3, -0.25) is 0 Å². The summed E-state index contributed by atoms with van der Waals surface area (Å²) in [4.78, 5) is 0. The van der Waals surface area contributed by atoms with Crippen LogP contribution in [-0.2, 0) is 0 Å². The van der Waals surface area contributed by atoms with Gasteiger partial charge in [0.05, 0.1) is 11.9 Å². The van der Waals surface area contributed by atoms with Gasteiger partial charge in [-0.25, -0.2) is 9.07 Å². The zero-order chi connectivity index (χ0) is 11.0. The SMILES string of the molecule is Cc1cc(F)ccc1-n1ncc(Cl)c1N. The van der Waals surface area contributed by atoms with E-state index in [1.165, 1.54) is 23.0 Å². The van der Waals surface area contributed by atoms with Crippen LogP contribution in [0.3, 0.4) is 0 Å². The molecule has 0 spiro atoms. The van der Waals surface area contributed by atoms with Crippen LogP contribution < -0.4 is 5.73 Å². The van der Waals surface area contributed by atoms with E-state index in [1.54, 1.807) is 13.0 Å². The third-order valence-electron chi connectivity index (χ3n) is 2.15. The molecule has 0 bridgehead atoms. The van der Waals surface area contributed by atoms with Gasteiger partial charge < -0.3 is 5.73 Å². The molecule has 2 aromatic rings. The average molecular weight is 226 g/mol. The van der Waals surface area contributed by atoms with Crippen molar-refractivity contribution in [3.8, 4) is 5.69 Å². The maximum absolute atomic E-state index is 12.9. The summed E-state index contributed by atoms with van der Waals surface area (Å²) in [5, 5.41) is 4.40. The number of benzene rings is 1. The molecule has 15 heavy (non-hydrogen) atoms. The average Bonchev–Trinajstić information content (AvgIpc) is 2.49. The molecular formula is C10H9ClFN3. The first kappa shape index (κ1) is 9.98. The quantitative estimate of drug-likeness (QED) is 0.811. The molecule has 0 saturated heterocycles. The van der Waals surface area contributed by atoms with E-state index in [4.69, 9.17) is 17.3 Å². The van der Waals surface area contributed by atoms with E-state index >= 15 is 0 Å². The second-order valence-corrected chi connectivity index (χ2v) is 3.63. The third-order valence-corrected chi connectivity index (χ3v) is 2.44. The Bertz CT molecular complexity index is 507. The molecule has 78 valence electrons. The first-order chi connectivity index (χ1) is 7.09. The Morgan fingerprint density at radius 1 is 1.47 bits per heavy atom. The number of anilines is 1. The Balaban J connectivity index is 2.59. The summed E-state index contributed by atoms with van der Waals surface area (Å²) in [5.74, 6) is 0.0689. The summed E-state index contributed by atoms with van der Waals surface area (Å²) in [5.41, 5.74) is 7.19. The summed E-state index contributed by atoms with van der Waals surface area (Å²) in [6.45, 7) is 1.79. The van der Waals surface area contributed by atoms with E-state index in [0.29, 0.717) is 10.8 Å². The van der Waals surface area contributed by atoms with E-state index in [1.807, 2.05) is 0 Å². The Hall–Kier alpha value is -1.55. The van der Waals surface area contributed by atoms with Gasteiger partial charge in [-0.05, 0) is 30.7 Å². The van der Waals surface area contributed by atoms with Crippen LogP contribution in [0.4, 0.5) is 10.2 Å². The molecule has 0 unspecified atom stereocenters. The number of nitrogens with two attached hydrogens (primary N) is 1. The first-order valence-electron chi connectivity index (χ1n) is 4.35. The van der Waals surface area contributed by atoms with Gasteiger partial charge in [0.15, 0.2) is 0 Å². The van der Waals surface area contributed by atoms with E-state index in [0.717, 1.165) is 11.3 Å². The highest BCUT2D eigenvalue weighted by atomic mass is 35.5. The Morgan fingerprint density at radius 2 is 2.20 bits per heavy atom. The smallest absolute Gasteiger partial charge is 0.146 e. The summed E-state index contributed by atoms with van der Waals surface area (Å²) < 4.78 is 14.4. The second-order valence-electron chi connectivity index (χ2n) is 3.22. The van der Waals surface area contributed by atoms with E-state index < -0.39 is 0 Å². The lowest BCUT2D eigenvalue weighted by atomic mass is 10.2. The number of aromatic nitrogens is 2. The highest BCUT2D eigenvalue weighted by molar-refractivity contribution is 6.32. The summed E-state index contributed by atoms with van der Waals surface area (Å²) in [6, 6.07) is 4.39. The monoisotopic (exact) mass is 225 g/mol. The Morgan fingerprint density at radius 3 is 2.73 bits per heavy atom. The fourth-order valence-corrected chi connectivity index (χ4v) is 1.51. The van der Waals surface area contributed by atoms with Crippen molar-refractivity contribution in [1.82, 2.24) is 9.78 Å². The number of halogens is 2. The van der Waals surface area contributed by atoms with Crippen LogP contribution in [-0.4, -0.2) is 9.78 Å². The molecule has 5 heteroatoms. The van der Waals surface area contributed by atoms with Crippen molar-refractivity contribution >= 4 is 17.4 Å². The van der Waals surface area contributed by atoms with E-state index in [2.05, 4.69) is 5.10 Å². The van der Waals surface area contributed by atoms with Gasteiger partial charge in [0.25, 0.3) is 0 Å². The normalized spacial score (nSPS) is 10.6. The summed E-state index contributed by atoms with van der Waals surface area (Å²) in [7, 11) is 0. The van der Waals surface area contributed by atoms with Gasteiger partial charge in [-0.15, -0.1) is 0 Å². The Kier molecular flexibility index (Phi) is 2.36. The number of rotatable bonds is 1. The summed E-state index contributed by atoms with van der Waals surface area (Å²) >= 11 is 5.78. The molecule has 1 heterocycles. The molecular weight excluding hydrogens is 217 g/mol. The predicted octanol–water partition coefficient (Wildman–Crippen LogP) is 2.56. The molecule has 2 N–H and O–H groups in total. The number of nitrogens with zero attached hydrogens (tertiary/aromatic N) is 2. The lowest BCUT2D eigenvalue weighted by molar-refractivity contribution is 0.625. The van der Waals surface area contributed by atoms with E-state index in [-0.39, 0.29) is 5.82 Å². The molecule has 0 aliphatic heterocycles. The van der Waals surface area contributed by atoms with Gasteiger partial charge in [0.2, 0.25) is 0 Å². The topological polar surface area (TPSA) is 43.8 Å². The van der Waals surface area contributed by atoms with Crippen LogP contribution in [0, 0.1) is 12.7 Å². The zero-order valence-electron chi connectivity index (χ0n) is 8.04. The molecule has 0 aliphatic carbocycles. The molecule has 0 amide bonds. The maximum atomic E-state index is 12.9. The lowest BCUT2D eigenvalue weighted by Crippen LogP contribution is -2.03. The molecule has 3 nitrogen and oxygen atoms in total. The van der Waals surface area contributed by atoms with Crippen LogP contribution >= 0.6 is 11.6 Å². The molecule has 2 rings (SSSR count). The molecule has 0 aliphatic rings. The van der Waals surface area contributed by atoms with Crippen LogP contribution in [0.15, 0.2) is 24.4 Å². The van der Waals surface area contributed by atoms with Crippen LogP contribution in [0.25, 0.3) is 5.69 Å². The van der Waals surface area contributed by atoms with E-state index in [9.17, 15) is 4.39 Å². The minimum atomic E-state index is -0.284. The fraction of sp³-hybridized carbons (Fsp3) is 0.100. The van der Waals surface area contributed by atoms with Crippen LogP contribution in [0.5, 0.6) is 0 Å². The maximum Gasteiger partial charge on any atom is 0.146 e. The van der Waals surface area contributed by atoms with Gasteiger partial charge in [0.1, 0.15) is 16.7 Å². The van der Waals surface area contributed by atoms with Crippen molar-refractivity contribution in [3.05, 3.63) is 40.8 Å². The minimum absolute atomic E-state index is 0.284. The third kappa shape index (κ3) is 1.68. The van der Waals surface area contributed by atoms with Crippen LogP contribution in [0.2, 0.25) is 5.02 Å². The molecule has 0 radical (unpaired) electrons. The van der Waals surface area contributed by atoms with Gasteiger partial charge in [-0.1, -0.05) is 11.6 Å². The standard InChI is InChI=1S/C10H9ClFN3/c1-6-4-7(12)2-3-9(6)15-10(13)8(11)5-14-15/h2-5H,13H2,1H3. The molecule has 1 aromatic heterocycles. The van der Waals surface area contributed by atoms with Crippen molar-refractivity contribution in [2.75, 3.05) is 5.73 Å². The molecule has 0 atom stereocenters. The highest BCUT2D eigenvalue weighted by Gasteiger charge is 2.09. The van der Waals surface area contributed by atoms with Gasteiger partial charge >= 0.3 is 0 Å². The van der Waals surface area contributed by atoms with Crippen molar-refractivity contribution in [2.45, 2.75) is 6.92 Å². The molecule has 0 fully saturated rings. The zero-order valence-corrected chi connectivity index (χ0v) is 8.79. The first-order valence-corrected chi connectivity index (χ1v) is 4.73. The van der Waals surface area contributed by atoms with Crippen molar-refractivity contribution in [1.29, 1.82) is 0 Å². The number of hydrogen-bond donors (Lipinski definition) is 1. The highest BCUT2D eigenvalue weighted by Crippen LogP contribution is 2.23.